The molecule has 0 fully saturated rings. The fourth-order valence-electron chi connectivity index (χ4n) is 1.74. The Morgan fingerprint density at radius 2 is 1.80 bits per heavy atom. The molecule has 106 valence electrons. The highest BCUT2D eigenvalue weighted by molar-refractivity contribution is 6.31. The van der Waals surface area contributed by atoms with Gasteiger partial charge in [0.25, 0.3) is 0 Å². The zero-order valence-corrected chi connectivity index (χ0v) is 11.7. The Hall–Kier alpha value is -1.65. The molecule has 0 heterocycles. The van der Waals surface area contributed by atoms with E-state index in [1.807, 2.05) is 6.92 Å². The van der Waals surface area contributed by atoms with Gasteiger partial charge in [0.05, 0.1) is 0 Å². The van der Waals surface area contributed by atoms with Crippen molar-refractivity contribution in [3.05, 3.63) is 58.6 Å². The largest absolute Gasteiger partial charge is 0.454 e. The van der Waals surface area contributed by atoms with E-state index in [1.54, 1.807) is 18.2 Å². The Bertz CT molecular complexity index is 604. The van der Waals surface area contributed by atoms with Crippen molar-refractivity contribution in [3.63, 3.8) is 0 Å². The average molecular weight is 298 g/mol. The van der Waals surface area contributed by atoms with Crippen LogP contribution in [0.4, 0.5) is 8.78 Å². The van der Waals surface area contributed by atoms with Crippen molar-refractivity contribution in [3.8, 4) is 11.5 Å². The number of hydrogen-bond acceptors (Lipinski definition) is 2. The molecule has 2 rings (SSSR count). The summed E-state index contributed by atoms with van der Waals surface area (Å²) >= 11 is 6.11. The topological polar surface area (TPSA) is 21.3 Å². The third-order valence-corrected chi connectivity index (χ3v) is 3.12. The molecule has 2 nitrogen and oxygen atoms in total. The maximum atomic E-state index is 13.6. The quantitative estimate of drug-likeness (QED) is 0.876. The van der Waals surface area contributed by atoms with Gasteiger partial charge in [-0.05, 0) is 30.8 Å². The van der Waals surface area contributed by atoms with E-state index in [0.29, 0.717) is 22.9 Å². The Morgan fingerprint density at radius 1 is 1.10 bits per heavy atom. The third kappa shape index (κ3) is 3.26. The Balaban J connectivity index is 2.33. The summed E-state index contributed by atoms with van der Waals surface area (Å²) in [6.45, 7) is 3.21. The van der Waals surface area contributed by atoms with Crippen molar-refractivity contribution in [2.45, 2.75) is 13.5 Å². The number of ether oxygens (including phenoxy) is 1. The van der Waals surface area contributed by atoms with Crippen molar-refractivity contribution in [1.29, 1.82) is 0 Å². The minimum Gasteiger partial charge on any atom is -0.454 e. The minimum absolute atomic E-state index is 0.162. The predicted molar refractivity (Wildman–Crippen MR) is 75.3 cm³/mol. The summed E-state index contributed by atoms with van der Waals surface area (Å²) in [4.78, 5) is 0. The van der Waals surface area contributed by atoms with Crippen LogP contribution in [-0.4, -0.2) is 6.54 Å². The second-order valence-corrected chi connectivity index (χ2v) is 4.56. The molecule has 5 heteroatoms. The molecule has 0 radical (unpaired) electrons. The predicted octanol–water partition coefficient (Wildman–Crippen LogP) is 4.52. The van der Waals surface area contributed by atoms with Crippen molar-refractivity contribution in [2.75, 3.05) is 6.54 Å². The van der Waals surface area contributed by atoms with E-state index in [-0.39, 0.29) is 5.75 Å². The molecular weight excluding hydrogens is 284 g/mol. The Morgan fingerprint density at radius 3 is 2.55 bits per heavy atom. The van der Waals surface area contributed by atoms with Crippen LogP contribution in [0.3, 0.4) is 0 Å². The lowest BCUT2D eigenvalue weighted by Gasteiger charge is -2.13. The second-order valence-electron chi connectivity index (χ2n) is 4.15. The van der Waals surface area contributed by atoms with E-state index in [0.717, 1.165) is 12.6 Å². The summed E-state index contributed by atoms with van der Waals surface area (Å²) in [6.07, 6.45) is 0. The Kier molecular flexibility index (Phi) is 4.93. The van der Waals surface area contributed by atoms with Gasteiger partial charge in [-0.2, -0.15) is 4.39 Å². The van der Waals surface area contributed by atoms with Crippen LogP contribution >= 0.6 is 11.6 Å². The first-order chi connectivity index (χ1) is 9.63. The van der Waals surface area contributed by atoms with Crippen molar-refractivity contribution < 1.29 is 13.5 Å². The first kappa shape index (κ1) is 14.8. The number of hydrogen-bond donors (Lipinski definition) is 1. The molecule has 20 heavy (non-hydrogen) atoms. The van der Waals surface area contributed by atoms with Gasteiger partial charge in [0.1, 0.15) is 5.75 Å². The highest BCUT2D eigenvalue weighted by Crippen LogP contribution is 2.32. The molecule has 0 unspecified atom stereocenters. The number of halogens is 3. The van der Waals surface area contributed by atoms with Gasteiger partial charge in [-0.25, -0.2) is 4.39 Å². The fourth-order valence-corrected chi connectivity index (χ4v) is 1.97. The van der Waals surface area contributed by atoms with Crippen LogP contribution in [0.1, 0.15) is 12.5 Å². The smallest absolute Gasteiger partial charge is 0.201 e. The zero-order chi connectivity index (χ0) is 14.5. The molecule has 0 amide bonds. The van der Waals surface area contributed by atoms with Gasteiger partial charge >= 0.3 is 0 Å². The molecule has 0 saturated carbocycles. The molecule has 2 aromatic rings. The van der Waals surface area contributed by atoms with Crippen molar-refractivity contribution in [1.82, 2.24) is 5.32 Å². The molecule has 0 aliphatic heterocycles. The molecule has 0 atom stereocenters. The van der Waals surface area contributed by atoms with Crippen molar-refractivity contribution >= 4 is 11.6 Å². The van der Waals surface area contributed by atoms with Crippen molar-refractivity contribution in [2.24, 2.45) is 0 Å². The Labute approximate surface area is 121 Å². The summed E-state index contributed by atoms with van der Waals surface area (Å²) in [5.74, 6) is -1.72. The van der Waals surface area contributed by atoms with Crippen LogP contribution in [-0.2, 0) is 6.54 Å². The number of nitrogens with one attached hydrogen (secondary N) is 1. The lowest BCUT2D eigenvalue weighted by Crippen LogP contribution is -2.13. The summed E-state index contributed by atoms with van der Waals surface area (Å²) in [6, 6.07) is 8.90. The van der Waals surface area contributed by atoms with Gasteiger partial charge in [0.2, 0.25) is 5.82 Å². The highest BCUT2D eigenvalue weighted by atomic mass is 35.5. The summed E-state index contributed by atoms with van der Waals surface area (Å²) in [5.41, 5.74) is 0.708. The SMILES string of the molecule is CCNCc1c(Cl)cccc1Oc1cccc(F)c1F. The number of benzene rings is 2. The van der Waals surface area contributed by atoms with Crippen LogP contribution in [0.25, 0.3) is 0 Å². The summed E-state index contributed by atoms with van der Waals surface area (Å²) in [7, 11) is 0. The third-order valence-electron chi connectivity index (χ3n) is 2.76. The minimum atomic E-state index is -1.01. The van der Waals surface area contributed by atoms with Gasteiger partial charge in [0.15, 0.2) is 11.6 Å². The van der Waals surface area contributed by atoms with E-state index in [4.69, 9.17) is 16.3 Å². The monoisotopic (exact) mass is 297 g/mol. The van der Waals surface area contributed by atoms with Gasteiger partial charge < -0.3 is 10.1 Å². The van der Waals surface area contributed by atoms with Crippen LogP contribution in [0.2, 0.25) is 5.02 Å². The molecule has 0 bridgehead atoms. The molecule has 0 aliphatic carbocycles. The van der Waals surface area contributed by atoms with E-state index >= 15 is 0 Å². The normalized spacial score (nSPS) is 10.6. The standard InChI is InChI=1S/C15H14ClF2NO/c1-2-19-9-10-11(16)5-3-7-13(10)20-14-8-4-6-12(17)15(14)18/h3-8,19H,2,9H2,1H3. The molecule has 0 saturated heterocycles. The van der Waals surface area contributed by atoms with Gasteiger partial charge in [-0.1, -0.05) is 30.7 Å². The summed E-state index contributed by atoms with van der Waals surface area (Å²) in [5, 5.41) is 3.64. The molecule has 0 aromatic heterocycles. The van der Waals surface area contributed by atoms with Crippen LogP contribution in [0.15, 0.2) is 36.4 Å². The van der Waals surface area contributed by atoms with Crippen LogP contribution in [0, 0.1) is 11.6 Å². The molecular formula is C15H14ClF2NO. The van der Waals surface area contributed by atoms with Gasteiger partial charge in [-0.15, -0.1) is 0 Å². The van der Waals surface area contributed by atoms with E-state index < -0.39 is 11.6 Å². The van der Waals surface area contributed by atoms with Crippen LogP contribution < -0.4 is 10.1 Å². The highest BCUT2D eigenvalue weighted by Gasteiger charge is 2.13. The average Bonchev–Trinajstić information content (AvgIpc) is 2.43. The van der Waals surface area contributed by atoms with Gasteiger partial charge in [0, 0.05) is 17.1 Å². The maximum Gasteiger partial charge on any atom is 0.201 e. The van der Waals surface area contributed by atoms with Gasteiger partial charge in [-0.3, -0.25) is 0 Å². The molecule has 2 aromatic carbocycles. The maximum absolute atomic E-state index is 13.6. The molecule has 0 aliphatic rings. The second kappa shape index (κ2) is 6.68. The lowest BCUT2D eigenvalue weighted by atomic mass is 10.2. The summed E-state index contributed by atoms with van der Waals surface area (Å²) < 4.78 is 32.3. The molecule has 1 N–H and O–H groups in total. The van der Waals surface area contributed by atoms with E-state index in [9.17, 15) is 8.78 Å². The van der Waals surface area contributed by atoms with E-state index in [1.165, 1.54) is 12.1 Å². The fraction of sp³-hybridized carbons (Fsp3) is 0.200. The first-order valence-electron chi connectivity index (χ1n) is 6.23. The lowest BCUT2D eigenvalue weighted by molar-refractivity contribution is 0.412. The zero-order valence-electron chi connectivity index (χ0n) is 10.9. The van der Waals surface area contributed by atoms with E-state index in [2.05, 4.69) is 5.32 Å². The first-order valence-corrected chi connectivity index (χ1v) is 6.61. The molecule has 0 spiro atoms. The number of rotatable bonds is 5. The van der Waals surface area contributed by atoms with Crippen LogP contribution in [0.5, 0.6) is 11.5 Å².